The van der Waals surface area contributed by atoms with Gasteiger partial charge in [-0.15, -0.1) is 11.3 Å². The second kappa shape index (κ2) is 6.30. The van der Waals surface area contributed by atoms with Crippen LogP contribution in [0.1, 0.15) is 16.7 Å². The van der Waals surface area contributed by atoms with Crippen molar-refractivity contribution in [1.82, 2.24) is 9.97 Å². The van der Waals surface area contributed by atoms with Crippen molar-refractivity contribution in [2.45, 2.75) is 20.8 Å². The third kappa shape index (κ3) is 3.01. The molecule has 0 aliphatic carbocycles. The van der Waals surface area contributed by atoms with Crippen LogP contribution in [0.25, 0.3) is 20.7 Å². The minimum atomic E-state index is 0.860. The lowest BCUT2D eigenvalue weighted by atomic mass is 10.1. The van der Waals surface area contributed by atoms with E-state index in [1.54, 1.807) is 17.7 Å². The molecule has 0 fully saturated rings. The molecule has 124 valence electrons. The van der Waals surface area contributed by atoms with Crippen LogP contribution in [0.2, 0.25) is 0 Å². The molecule has 0 saturated carbocycles. The first-order valence-electron chi connectivity index (χ1n) is 8.26. The van der Waals surface area contributed by atoms with E-state index in [0.717, 1.165) is 21.7 Å². The molecule has 0 saturated heterocycles. The van der Waals surface area contributed by atoms with Gasteiger partial charge >= 0.3 is 0 Å². The second-order valence-electron chi connectivity index (χ2n) is 6.32. The smallest absolute Gasteiger partial charge is 0.142 e. The van der Waals surface area contributed by atoms with Crippen molar-refractivity contribution >= 4 is 33.1 Å². The van der Waals surface area contributed by atoms with E-state index in [4.69, 9.17) is 0 Å². The maximum atomic E-state index is 4.50. The van der Waals surface area contributed by atoms with Gasteiger partial charge in [0.15, 0.2) is 0 Å². The Balaban J connectivity index is 1.80. The molecule has 0 aliphatic rings. The van der Waals surface area contributed by atoms with Gasteiger partial charge in [0, 0.05) is 10.6 Å². The highest BCUT2D eigenvalue weighted by Crippen LogP contribution is 2.36. The van der Waals surface area contributed by atoms with Crippen molar-refractivity contribution in [1.29, 1.82) is 0 Å². The molecule has 4 heteroatoms. The van der Waals surface area contributed by atoms with E-state index in [1.165, 1.54) is 27.1 Å². The Morgan fingerprint density at radius 2 is 1.60 bits per heavy atom. The van der Waals surface area contributed by atoms with Crippen LogP contribution in [0, 0.1) is 20.8 Å². The number of hydrogen-bond donors (Lipinski definition) is 1. The first-order valence-corrected chi connectivity index (χ1v) is 9.08. The Bertz CT molecular complexity index is 1030. The third-order valence-electron chi connectivity index (χ3n) is 4.31. The van der Waals surface area contributed by atoms with Crippen LogP contribution in [0.3, 0.4) is 0 Å². The highest BCUT2D eigenvalue weighted by molar-refractivity contribution is 7.21. The zero-order chi connectivity index (χ0) is 17.4. The van der Waals surface area contributed by atoms with Crippen LogP contribution >= 0.6 is 11.3 Å². The molecular formula is C21H19N3S. The standard InChI is InChI=1S/C21H19N3S/c1-13-9-14(2)19(15(3)10-13)24-20-17-11-18(16-7-5-4-6-8-16)25-21(17)23-12-22-20/h4-12H,1-3H3,(H,22,23,24). The number of nitrogens with one attached hydrogen (secondary N) is 1. The van der Waals surface area contributed by atoms with Crippen LogP contribution in [-0.4, -0.2) is 9.97 Å². The molecule has 4 rings (SSSR count). The van der Waals surface area contributed by atoms with Gasteiger partial charge in [0.1, 0.15) is 17.0 Å². The number of rotatable bonds is 3. The van der Waals surface area contributed by atoms with Gasteiger partial charge in [-0.1, -0.05) is 48.0 Å². The van der Waals surface area contributed by atoms with Gasteiger partial charge in [0.2, 0.25) is 0 Å². The Hall–Kier alpha value is -2.72. The number of hydrogen-bond acceptors (Lipinski definition) is 4. The fourth-order valence-electron chi connectivity index (χ4n) is 3.20. The predicted molar refractivity (Wildman–Crippen MR) is 107 cm³/mol. The quantitative estimate of drug-likeness (QED) is 0.493. The van der Waals surface area contributed by atoms with Crippen LogP contribution in [0.4, 0.5) is 11.5 Å². The molecule has 0 spiro atoms. The Morgan fingerprint density at radius 3 is 2.32 bits per heavy atom. The molecule has 2 heterocycles. The monoisotopic (exact) mass is 345 g/mol. The summed E-state index contributed by atoms with van der Waals surface area (Å²) < 4.78 is 0. The summed E-state index contributed by atoms with van der Waals surface area (Å²) in [6.45, 7) is 6.38. The van der Waals surface area contributed by atoms with Crippen LogP contribution < -0.4 is 5.32 Å². The maximum absolute atomic E-state index is 4.50. The van der Waals surface area contributed by atoms with Crippen molar-refractivity contribution in [3.05, 3.63) is 71.5 Å². The Kier molecular flexibility index (Phi) is 3.98. The summed E-state index contributed by atoms with van der Waals surface area (Å²) in [7, 11) is 0. The molecule has 1 N–H and O–H groups in total. The molecule has 0 unspecified atom stereocenters. The van der Waals surface area contributed by atoms with Gasteiger partial charge in [0.05, 0.1) is 5.39 Å². The van der Waals surface area contributed by atoms with E-state index in [0.29, 0.717) is 0 Å². The molecule has 2 aromatic heterocycles. The highest BCUT2D eigenvalue weighted by Gasteiger charge is 2.12. The highest BCUT2D eigenvalue weighted by atomic mass is 32.1. The molecule has 0 amide bonds. The molecule has 3 nitrogen and oxygen atoms in total. The van der Waals surface area contributed by atoms with Crippen molar-refractivity contribution in [3.63, 3.8) is 0 Å². The van der Waals surface area contributed by atoms with Gasteiger partial charge < -0.3 is 5.32 Å². The van der Waals surface area contributed by atoms with Crippen LogP contribution in [0.5, 0.6) is 0 Å². The number of fused-ring (bicyclic) bond motifs is 1. The van der Waals surface area contributed by atoms with Crippen LogP contribution in [-0.2, 0) is 0 Å². The van der Waals surface area contributed by atoms with E-state index in [-0.39, 0.29) is 0 Å². The molecule has 0 atom stereocenters. The lowest BCUT2D eigenvalue weighted by Gasteiger charge is -2.13. The van der Waals surface area contributed by atoms with E-state index >= 15 is 0 Å². The minimum Gasteiger partial charge on any atom is -0.339 e. The molecule has 0 aliphatic heterocycles. The molecule has 2 aromatic carbocycles. The fourth-order valence-corrected chi connectivity index (χ4v) is 4.20. The zero-order valence-electron chi connectivity index (χ0n) is 14.5. The lowest BCUT2D eigenvalue weighted by molar-refractivity contribution is 1.22. The van der Waals surface area contributed by atoms with E-state index < -0.39 is 0 Å². The number of thiophene rings is 1. The molecule has 4 aromatic rings. The van der Waals surface area contributed by atoms with E-state index in [1.807, 2.05) is 6.07 Å². The topological polar surface area (TPSA) is 37.8 Å². The Labute approximate surface area is 151 Å². The number of aromatic nitrogens is 2. The van der Waals surface area contributed by atoms with Gasteiger partial charge in [-0.3, -0.25) is 0 Å². The van der Waals surface area contributed by atoms with Crippen molar-refractivity contribution in [2.24, 2.45) is 0 Å². The average Bonchev–Trinajstić information content (AvgIpc) is 3.04. The fraction of sp³-hybridized carbons (Fsp3) is 0.143. The average molecular weight is 345 g/mol. The molecule has 0 bridgehead atoms. The summed E-state index contributed by atoms with van der Waals surface area (Å²) in [6.07, 6.45) is 1.63. The SMILES string of the molecule is Cc1cc(C)c(Nc2ncnc3sc(-c4ccccc4)cc23)c(C)c1. The summed E-state index contributed by atoms with van der Waals surface area (Å²) in [4.78, 5) is 11.2. The minimum absolute atomic E-state index is 0.860. The first-order chi connectivity index (χ1) is 12.1. The second-order valence-corrected chi connectivity index (χ2v) is 7.35. The molecule has 25 heavy (non-hydrogen) atoms. The number of nitrogens with zero attached hydrogens (tertiary/aromatic N) is 2. The van der Waals surface area contributed by atoms with Crippen molar-refractivity contribution in [2.75, 3.05) is 5.32 Å². The largest absolute Gasteiger partial charge is 0.339 e. The maximum Gasteiger partial charge on any atom is 0.142 e. The van der Waals surface area contributed by atoms with E-state index in [2.05, 4.69) is 78.5 Å². The van der Waals surface area contributed by atoms with Crippen molar-refractivity contribution < 1.29 is 0 Å². The Morgan fingerprint density at radius 1 is 0.880 bits per heavy atom. The van der Waals surface area contributed by atoms with Gasteiger partial charge in [-0.25, -0.2) is 9.97 Å². The predicted octanol–water partition coefficient (Wildman–Crippen LogP) is 6.03. The summed E-state index contributed by atoms with van der Waals surface area (Å²) in [5, 5.41) is 4.59. The number of benzene rings is 2. The summed E-state index contributed by atoms with van der Waals surface area (Å²) in [5.41, 5.74) is 6.05. The zero-order valence-corrected chi connectivity index (χ0v) is 15.3. The number of aryl methyl sites for hydroxylation is 3. The normalized spacial score (nSPS) is 11.0. The summed E-state index contributed by atoms with van der Waals surface area (Å²) in [5.74, 6) is 0.860. The first kappa shape index (κ1) is 15.8. The third-order valence-corrected chi connectivity index (χ3v) is 5.40. The van der Waals surface area contributed by atoms with Crippen molar-refractivity contribution in [3.8, 4) is 10.4 Å². The summed E-state index contributed by atoms with van der Waals surface area (Å²) >= 11 is 1.69. The molecular weight excluding hydrogens is 326 g/mol. The van der Waals surface area contributed by atoms with Crippen LogP contribution in [0.15, 0.2) is 54.9 Å². The van der Waals surface area contributed by atoms with E-state index in [9.17, 15) is 0 Å². The van der Waals surface area contributed by atoms with Gasteiger partial charge in [-0.05, 0) is 43.5 Å². The van der Waals surface area contributed by atoms with Gasteiger partial charge in [0.25, 0.3) is 0 Å². The lowest BCUT2D eigenvalue weighted by Crippen LogP contribution is -1.99. The summed E-state index contributed by atoms with van der Waals surface area (Å²) in [6, 6.07) is 17.0. The number of anilines is 2. The molecule has 0 radical (unpaired) electrons. The van der Waals surface area contributed by atoms with Gasteiger partial charge in [-0.2, -0.15) is 0 Å².